The molecule has 17 heavy (non-hydrogen) atoms. The summed E-state index contributed by atoms with van der Waals surface area (Å²) in [6.45, 7) is 9.47. The monoisotopic (exact) mass is 299 g/mol. The van der Waals surface area contributed by atoms with Gasteiger partial charge in [0.05, 0.1) is 11.4 Å². The quantitative estimate of drug-likeness (QED) is 0.753. The maximum absolute atomic E-state index is 4.65. The molecule has 96 valence electrons. The minimum absolute atomic E-state index is 0.544. The van der Waals surface area contributed by atoms with E-state index in [2.05, 4.69) is 44.6 Å². The van der Waals surface area contributed by atoms with Crippen LogP contribution in [0.4, 0.5) is 5.82 Å². The van der Waals surface area contributed by atoms with Gasteiger partial charge in [-0.3, -0.25) is 4.98 Å². The SMILES string of the molecule is CCC(CC)N(CCBr)c1nc(C)cnc1C. The van der Waals surface area contributed by atoms with Gasteiger partial charge in [-0.15, -0.1) is 0 Å². The minimum Gasteiger partial charge on any atom is -0.351 e. The van der Waals surface area contributed by atoms with Crippen molar-refractivity contribution < 1.29 is 0 Å². The molecule has 3 nitrogen and oxygen atoms in total. The van der Waals surface area contributed by atoms with E-state index in [1.54, 1.807) is 0 Å². The zero-order chi connectivity index (χ0) is 12.8. The van der Waals surface area contributed by atoms with Gasteiger partial charge in [0, 0.05) is 24.1 Å². The Kier molecular flexibility index (Phi) is 5.89. The largest absolute Gasteiger partial charge is 0.351 e. The fourth-order valence-electron chi connectivity index (χ4n) is 2.08. The molecule has 0 aliphatic rings. The van der Waals surface area contributed by atoms with Gasteiger partial charge in [0.2, 0.25) is 0 Å². The Labute approximate surface area is 113 Å². The predicted molar refractivity (Wildman–Crippen MR) is 77.0 cm³/mol. The van der Waals surface area contributed by atoms with Gasteiger partial charge in [-0.05, 0) is 26.7 Å². The molecule has 0 fully saturated rings. The third kappa shape index (κ3) is 3.66. The lowest BCUT2D eigenvalue weighted by Crippen LogP contribution is -2.37. The standard InChI is InChI=1S/C13H22BrN3/c1-5-12(6-2)17(8-7-14)13-11(4)15-9-10(3)16-13/h9,12H,5-8H2,1-4H3. The van der Waals surface area contributed by atoms with E-state index in [0.29, 0.717) is 6.04 Å². The first-order valence-electron chi connectivity index (χ1n) is 6.26. The average Bonchev–Trinajstić information content (AvgIpc) is 2.33. The molecule has 0 bridgehead atoms. The van der Waals surface area contributed by atoms with E-state index in [1.807, 2.05) is 20.0 Å². The number of rotatable bonds is 6. The number of halogens is 1. The Morgan fingerprint density at radius 1 is 1.29 bits per heavy atom. The summed E-state index contributed by atoms with van der Waals surface area (Å²) in [5.41, 5.74) is 2.00. The van der Waals surface area contributed by atoms with Crippen molar-refractivity contribution in [2.24, 2.45) is 0 Å². The molecule has 1 aromatic heterocycles. The molecule has 0 saturated carbocycles. The molecular formula is C13H22BrN3. The van der Waals surface area contributed by atoms with Crippen molar-refractivity contribution in [2.45, 2.75) is 46.6 Å². The first-order valence-corrected chi connectivity index (χ1v) is 7.39. The smallest absolute Gasteiger partial charge is 0.150 e. The lowest BCUT2D eigenvalue weighted by molar-refractivity contribution is 0.561. The third-order valence-electron chi connectivity index (χ3n) is 3.03. The number of nitrogens with zero attached hydrogens (tertiary/aromatic N) is 3. The van der Waals surface area contributed by atoms with Crippen LogP contribution in [0.3, 0.4) is 0 Å². The van der Waals surface area contributed by atoms with Crippen molar-refractivity contribution in [2.75, 3.05) is 16.8 Å². The molecule has 0 unspecified atom stereocenters. The van der Waals surface area contributed by atoms with Crippen LogP contribution in [0, 0.1) is 13.8 Å². The molecule has 1 aromatic rings. The number of alkyl halides is 1. The van der Waals surface area contributed by atoms with Crippen LogP contribution in [0.25, 0.3) is 0 Å². The van der Waals surface area contributed by atoms with E-state index in [4.69, 9.17) is 0 Å². The van der Waals surface area contributed by atoms with Gasteiger partial charge >= 0.3 is 0 Å². The van der Waals surface area contributed by atoms with E-state index < -0.39 is 0 Å². The first kappa shape index (κ1) is 14.4. The van der Waals surface area contributed by atoms with Crippen LogP contribution in [0.2, 0.25) is 0 Å². The number of anilines is 1. The predicted octanol–water partition coefficient (Wildman–Crippen LogP) is 3.48. The summed E-state index contributed by atoms with van der Waals surface area (Å²) in [6, 6.07) is 0.544. The third-order valence-corrected chi connectivity index (χ3v) is 3.39. The Hall–Kier alpha value is -0.640. The van der Waals surface area contributed by atoms with Crippen molar-refractivity contribution in [3.63, 3.8) is 0 Å². The Morgan fingerprint density at radius 2 is 1.94 bits per heavy atom. The first-order chi connectivity index (χ1) is 8.13. The van der Waals surface area contributed by atoms with Crippen LogP contribution in [-0.4, -0.2) is 27.9 Å². The van der Waals surface area contributed by atoms with Gasteiger partial charge in [-0.1, -0.05) is 29.8 Å². The highest BCUT2D eigenvalue weighted by molar-refractivity contribution is 9.09. The highest BCUT2D eigenvalue weighted by atomic mass is 79.9. The molecule has 0 N–H and O–H groups in total. The number of hydrogen-bond acceptors (Lipinski definition) is 3. The van der Waals surface area contributed by atoms with Crippen molar-refractivity contribution in [3.8, 4) is 0 Å². The minimum atomic E-state index is 0.544. The summed E-state index contributed by atoms with van der Waals surface area (Å²) >= 11 is 3.53. The Bertz CT molecular complexity index is 351. The van der Waals surface area contributed by atoms with Gasteiger partial charge in [0.25, 0.3) is 0 Å². The van der Waals surface area contributed by atoms with Crippen molar-refractivity contribution in [1.82, 2.24) is 9.97 Å². The normalized spacial score (nSPS) is 10.9. The zero-order valence-electron chi connectivity index (χ0n) is 11.2. The maximum Gasteiger partial charge on any atom is 0.150 e. The van der Waals surface area contributed by atoms with Crippen molar-refractivity contribution in [1.29, 1.82) is 0 Å². The van der Waals surface area contributed by atoms with Gasteiger partial charge in [-0.25, -0.2) is 4.98 Å². The highest BCUT2D eigenvalue weighted by Crippen LogP contribution is 2.21. The van der Waals surface area contributed by atoms with E-state index in [-0.39, 0.29) is 0 Å². The Morgan fingerprint density at radius 3 is 2.47 bits per heavy atom. The summed E-state index contributed by atoms with van der Waals surface area (Å²) in [5, 5.41) is 0.957. The lowest BCUT2D eigenvalue weighted by atomic mass is 10.1. The second-order valence-corrected chi connectivity index (χ2v) is 5.07. The number of aromatic nitrogens is 2. The molecule has 0 amide bonds. The molecule has 0 spiro atoms. The lowest BCUT2D eigenvalue weighted by Gasteiger charge is -2.32. The van der Waals surface area contributed by atoms with E-state index >= 15 is 0 Å². The van der Waals surface area contributed by atoms with E-state index in [0.717, 1.165) is 41.9 Å². The fraction of sp³-hybridized carbons (Fsp3) is 0.692. The van der Waals surface area contributed by atoms with Crippen molar-refractivity contribution >= 4 is 21.7 Å². The Balaban J connectivity index is 3.07. The highest BCUT2D eigenvalue weighted by Gasteiger charge is 2.18. The zero-order valence-corrected chi connectivity index (χ0v) is 12.8. The summed E-state index contributed by atoms with van der Waals surface area (Å²) in [6.07, 6.45) is 4.11. The summed E-state index contributed by atoms with van der Waals surface area (Å²) in [7, 11) is 0. The number of hydrogen-bond donors (Lipinski definition) is 0. The molecule has 0 radical (unpaired) electrons. The van der Waals surface area contributed by atoms with Gasteiger partial charge in [0.15, 0.2) is 5.82 Å². The topological polar surface area (TPSA) is 29.0 Å². The van der Waals surface area contributed by atoms with Crippen LogP contribution in [0.15, 0.2) is 6.20 Å². The molecule has 4 heteroatoms. The summed E-state index contributed by atoms with van der Waals surface area (Å²) in [5.74, 6) is 1.04. The molecule has 0 saturated heterocycles. The number of aryl methyl sites for hydroxylation is 2. The van der Waals surface area contributed by atoms with Gasteiger partial charge in [-0.2, -0.15) is 0 Å². The summed E-state index contributed by atoms with van der Waals surface area (Å²) < 4.78 is 0. The summed E-state index contributed by atoms with van der Waals surface area (Å²) in [4.78, 5) is 11.4. The maximum atomic E-state index is 4.65. The molecule has 0 aromatic carbocycles. The van der Waals surface area contributed by atoms with Crippen LogP contribution >= 0.6 is 15.9 Å². The molecule has 0 aliphatic heterocycles. The fourth-order valence-corrected chi connectivity index (χ4v) is 2.46. The average molecular weight is 300 g/mol. The van der Waals surface area contributed by atoms with Crippen LogP contribution in [0.1, 0.15) is 38.1 Å². The van der Waals surface area contributed by atoms with Crippen molar-refractivity contribution in [3.05, 3.63) is 17.6 Å². The van der Waals surface area contributed by atoms with Crippen LogP contribution in [-0.2, 0) is 0 Å². The van der Waals surface area contributed by atoms with Gasteiger partial charge < -0.3 is 4.90 Å². The second-order valence-electron chi connectivity index (χ2n) is 4.27. The molecule has 0 atom stereocenters. The van der Waals surface area contributed by atoms with Gasteiger partial charge in [0.1, 0.15) is 0 Å². The van der Waals surface area contributed by atoms with E-state index in [9.17, 15) is 0 Å². The molecule has 1 rings (SSSR count). The molecule has 1 heterocycles. The van der Waals surface area contributed by atoms with Crippen LogP contribution < -0.4 is 4.90 Å². The van der Waals surface area contributed by atoms with E-state index in [1.165, 1.54) is 0 Å². The van der Waals surface area contributed by atoms with Crippen LogP contribution in [0.5, 0.6) is 0 Å². The second kappa shape index (κ2) is 6.94. The molecule has 0 aliphatic carbocycles. The molecular weight excluding hydrogens is 278 g/mol.